The lowest BCUT2D eigenvalue weighted by molar-refractivity contribution is -0.137. The average Bonchev–Trinajstić information content (AvgIpc) is 2.79. The van der Waals surface area contributed by atoms with Crippen LogP contribution < -0.4 is 15.2 Å². The molecular weight excluding hydrogens is 439 g/mol. The van der Waals surface area contributed by atoms with Gasteiger partial charge in [-0.15, -0.1) is 0 Å². The molecule has 33 heavy (non-hydrogen) atoms. The van der Waals surface area contributed by atoms with Crippen molar-refractivity contribution in [1.29, 1.82) is 0 Å². The van der Waals surface area contributed by atoms with E-state index < -0.39 is 29.8 Å². The summed E-state index contributed by atoms with van der Waals surface area (Å²) < 4.78 is 49.4. The fraction of sp³-hybridized carbons (Fsp3) is 0.435. The van der Waals surface area contributed by atoms with Crippen molar-refractivity contribution in [3.63, 3.8) is 0 Å². The zero-order valence-electron chi connectivity index (χ0n) is 18.3. The maximum atomic E-state index is 12.8. The summed E-state index contributed by atoms with van der Waals surface area (Å²) in [5, 5.41) is 10.4. The molecule has 2 atom stereocenters. The standard InChI is InChI=1S/C23H28F3N3O4/c1-32-19-4-2-3-5-20(19)33-15-18(30)14-28-10-12-29(13-11-28)21(22(27)31)16-6-8-17(9-7-16)23(24,25)26/h2-9,18,21,30H,10-15H2,1H3,(H2,27,31). The van der Waals surface area contributed by atoms with Gasteiger partial charge in [-0.2, -0.15) is 13.2 Å². The topological polar surface area (TPSA) is 88.3 Å². The zero-order valence-corrected chi connectivity index (χ0v) is 18.3. The molecule has 180 valence electrons. The molecule has 1 heterocycles. The number of alkyl halides is 3. The third kappa shape index (κ3) is 6.59. The number of ether oxygens (including phenoxy) is 2. The lowest BCUT2D eigenvalue weighted by atomic mass is 10.0. The van der Waals surface area contributed by atoms with E-state index in [0.29, 0.717) is 49.8 Å². The number of β-amino-alcohol motifs (C(OH)–C–C–N with tert-alkyl or cyclic N) is 1. The molecule has 2 unspecified atom stereocenters. The maximum Gasteiger partial charge on any atom is 0.416 e. The summed E-state index contributed by atoms with van der Waals surface area (Å²) >= 11 is 0. The van der Waals surface area contributed by atoms with E-state index in [4.69, 9.17) is 15.2 Å². The summed E-state index contributed by atoms with van der Waals surface area (Å²) in [6, 6.07) is 10.9. The third-order valence-corrected chi connectivity index (χ3v) is 5.56. The molecule has 0 radical (unpaired) electrons. The second-order valence-corrected chi connectivity index (χ2v) is 7.88. The minimum atomic E-state index is -4.44. The van der Waals surface area contributed by atoms with Crippen LogP contribution in [0.15, 0.2) is 48.5 Å². The van der Waals surface area contributed by atoms with Crippen LogP contribution in [0.25, 0.3) is 0 Å². The Hall–Kier alpha value is -2.82. The van der Waals surface area contributed by atoms with Crippen LogP contribution in [-0.4, -0.2) is 73.4 Å². The van der Waals surface area contributed by atoms with E-state index in [2.05, 4.69) is 0 Å². The first-order chi connectivity index (χ1) is 15.7. The first kappa shape index (κ1) is 24.8. The van der Waals surface area contributed by atoms with E-state index in [0.717, 1.165) is 12.1 Å². The lowest BCUT2D eigenvalue weighted by Gasteiger charge is -2.38. The number of piperazine rings is 1. The van der Waals surface area contributed by atoms with E-state index >= 15 is 0 Å². The van der Waals surface area contributed by atoms with Gasteiger partial charge in [-0.25, -0.2) is 0 Å². The highest BCUT2D eigenvalue weighted by atomic mass is 19.4. The van der Waals surface area contributed by atoms with Gasteiger partial charge < -0.3 is 20.3 Å². The predicted octanol–water partition coefficient (Wildman–Crippen LogP) is 2.30. The summed E-state index contributed by atoms with van der Waals surface area (Å²) in [4.78, 5) is 16.0. The van der Waals surface area contributed by atoms with Crippen LogP contribution in [-0.2, 0) is 11.0 Å². The summed E-state index contributed by atoms with van der Waals surface area (Å²) in [6.07, 6.45) is -5.17. The largest absolute Gasteiger partial charge is 0.493 e. The monoisotopic (exact) mass is 467 g/mol. The Kier molecular flexibility index (Phi) is 8.17. The summed E-state index contributed by atoms with van der Waals surface area (Å²) in [5.41, 5.74) is 5.22. The number of aliphatic hydroxyl groups is 1. The highest BCUT2D eigenvalue weighted by Gasteiger charge is 2.33. The summed E-state index contributed by atoms with van der Waals surface area (Å²) in [5.74, 6) is 0.511. The maximum absolute atomic E-state index is 12.8. The van der Waals surface area contributed by atoms with Crippen molar-refractivity contribution in [3.05, 3.63) is 59.7 Å². The van der Waals surface area contributed by atoms with Crippen molar-refractivity contribution in [3.8, 4) is 11.5 Å². The number of carbonyl (C=O) groups excluding carboxylic acids is 1. The Balaban J connectivity index is 1.52. The number of hydrogen-bond donors (Lipinski definition) is 2. The number of carbonyl (C=O) groups is 1. The highest BCUT2D eigenvalue weighted by molar-refractivity contribution is 5.81. The molecule has 10 heteroatoms. The second kappa shape index (κ2) is 10.9. The smallest absolute Gasteiger partial charge is 0.416 e. The van der Waals surface area contributed by atoms with Gasteiger partial charge in [-0.3, -0.25) is 14.6 Å². The van der Waals surface area contributed by atoms with E-state index in [9.17, 15) is 23.1 Å². The average molecular weight is 467 g/mol. The van der Waals surface area contributed by atoms with Crippen LogP contribution >= 0.6 is 0 Å². The van der Waals surface area contributed by atoms with Gasteiger partial charge in [0.2, 0.25) is 5.91 Å². The number of amides is 1. The van der Waals surface area contributed by atoms with Crippen molar-refractivity contribution < 1.29 is 32.5 Å². The quantitative estimate of drug-likeness (QED) is 0.589. The number of primary amides is 1. The van der Waals surface area contributed by atoms with Crippen LogP contribution in [0.1, 0.15) is 17.2 Å². The van der Waals surface area contributed by atoms with E-state index in [1.165, 1.54) is 12.1 Å². The van der Waals surface area contributed by atoms with Gasteiger partial charge in [-0.05, 0) is 29.8 Å². The number of para-hydroxylation sites is 2. The summed E-state index contributed by atoms with van der Waals surface area (Å²) in [7, 11) is 1.54. The number of nitrogens with two attached hydrogens (primary N) is 1. The number of rotatable bonds is 9. The van der Waals surface area contributed by atoms with Gasteiger partial charge in [0.1, 0.15) is 18.8 Å². The molecule has 2 aromatic carbocycles. The van der Waals surface area contributed by atoms with Crippen LogP contribution in [0.4, 0.5) is 13.2 Å². The normalized spacial score (nSPS) is 17.4. The van der Waals surface area contributed by atoms with Crippen molar-refractivity contribution >= 4 is 5.91 Å². The van der Waals surface area contributed by atoms with Gasteiger partial charge in [-0.1, -0.05) is 24.3 Å². The Labute approximate surface area is 190 Å². The van der Waals surface area contributed by atoms with Crippen LogP contribution in [0.3, 0.4) is 0 Å². The Morgan fingerprint density at radius 3 is 2.21 bits per heavy atom. The molecule has 7 nitrogen and oxygen atoms in total. The molecular formula is C23H28F3N3O4. The Morgan fingerprint density at radius 2 is 1.67 bits per heavy atom. The van der Waals surface area contributed by atoms with Gasteiger partial charge in [0.25, 0.3) is 0 Å². The lowest BCUT2D eigenvalue weighted by Crippen LogP contribution is -2.52. The third-order valence-electron chi connectivity index (χ3n) is 5.56. The van der Waals surface area contributed by atoms with Crippen molar-refractivity contribution in [1.82, 2.24) is 9.80 Å². The molecule has 1 amide bonds. The molecule has 0 aromatic heterocycles. The fourth-order valence-electron chi connectivity index (χ4n) is 3.89. The van der Waals surface area contributed by atoms with Crippen molar-refractivity contribution in [2.45, 2.75) is 18.3 Å². The molecule has 3 rings (SSSR count). The molecule has 0 aliphatic carbocycles. The van der Waals surface area contributed by atoms with Gasteiger partial charge in [0.05, 0.1) is 12.7 Å². The summed E-state index contributed by atoms with van der Waals surface area (Å²) in [6.45, 7) is 2.57. The molecule has 1 aliphatic rings. The molecule has 2 aromatic rings. The minimum Gasteiger partial charge on any atom is -0.493 e. The number of aliphatic hydroxyl groups excluding tert-OH is 1. The second-order valence-electron chi connectivity index (χ2n) is 7.88. The van der Waals surface area contributed by atoms with Crippen molar-refractivity contribution in [2.75, 3.05) is 46.4 Å². The van der Waals surface area contributed by atoms with Crippen LogP contribution in [0.5, 0.6) is 11.5 Å². The predicted molar refractivity (Wildman–Crippen MR) is 116 cm³/mol. The minimum absolute atomic E-state index is 0.0933. The highest BCUT2D eigenvalue weighted by Crippen LogP contribution is 2.31. The molecule has 1 fully saturated rings. The number of benzene rings is 2. The van der Waals surface area contributed by atoms with E-state index in [-0.39, 0.29) is 6.61 Å². The first-order valence-electron chi connectivity index (χ1n) is 10.6. The zero-order chi connectivity index (χ0) is 24.0. The van der Waals surface area contributed by atoms with Crippen LogP contribution in [0, 0.1) is 0 Å². The van der Waals surface area contributed by atoms with Crippen LogP contribution in [0.2, 0.25) is 0 Å². The Bertz CT molecular complexity index is 916. The molecule has 0 spiro atoms. The van der Waals surface area contributed by atoms with Gasteiger partial charge >= 0.3 is 6.18 Å². The molecule has 1 aliphatic heterocycles. The molecule has 3 N–H and O–H groups in total. The van der Waals surface area contributed by atoms with Gasteiger partial charge in [0, 0.05) is 32.7 Å². The number of methoxy groups -OCH3 is 1. The first-order valence-corrected chi connectivity index (χ1v) is 10.6. The van der Waals surface area contributed by atoms with E-state index in [1.807, 2.05) is 21.9 Å². The Morgan fingerprint density at radius 1 is 1.06 bits per heavy atom. The molecule has 0 bridgehead atoms. The number of hydrogen-bond acceptors (Lipinski definition) is 6. The number of nitrogens with zero attached hydrogens (tertiary/aromatic N) is 2. The fourth-order valence-corrected chi connectivity index (χ4v) is 3.89. The van der Waals surface area contributed by atoms with Crippen molar-refractivity contribution in [2.24, 2.45) is 5.73 Å². The van der Waals surface area contributed by atoms with E-state index in [1.54, 1.807) is 19.2 Å². The molecule has 1 saturated heterocycles. The van der Waals surface area contributed by atoms with Gasteiger partial charge in [0.15, 0.2) is 11.5 Å². The SMILES string of the molecule is COc1ccccc1OCC(O)CN1CCN(C(C(N)=O)c2ccc(C(F)(F)F)cc2)CC1. The number of halogens is 3. The molecule has 0 saturated carbocycles.